The minimum atomic E-state index is -0.628. The lowest BCUT2D eigenvalue weighted by molar-refractivity contribution is 0.100. The maximum absolute atomic E-state index is 13.8. The molecule has 20 heavy (non-hydrogen) atoms. The summed E-state index contributed by atoms with van der Waals surface area (Å²) in [4.78, 5) is 15.4. The number of pyridine rings is 1. The maximum Gasteiger partial charge on any atom is 0.248 e. The van der Waals surface area contributed by atoms with Crippen LogP contribution in [0.15, 0.2) is 30.3 Å². The second-order valence-corrected chi connectivity index (χ2v) is 4.19. The van der Waals surface area contributed by atoms with E-state index in [0.29, 0.717) is 11.6 Å². The molecule has 0 saturated carbocycles. The van der Waals surface area contributed by atoms with Crippen molar-refractivity contribution in [1.82, 2.24) is 4.98 Å². The molecule has 1 amide bonds. The van der Waals surface area contributed by atoms with Crippen LogP contribution in [0.3, 0.4) is 0 Å². The molecular weight excluding hydrogens is 261 g/mol. The Morgan fingerprint density at radius 1 is 1.35 bits per heavy atom. The topological polar surface area (TPSA) is 77.2 Å². The Bertz CT molecular complexity index is 659. The van der Waals surface area contributed by atoms with Crippen molar-refractivity contribution in [3.8, 4) is 5.75 Å². The minimum absolute atomic E-state index is 0.109. The Labute approximate surface area is 115 Å². The van der Waals surface area contributed by atoms with Crippen molar-refractivity contribution in [3.63, 3.8) is 0 Å². The number of carbonyl (C=O) groups is 1. The predicted octanol–water partition coefficient (Wildman–Crippen LogP) is 2.38. The van der Waals surface area contributed by atoms with Gasteiger partial charge in [-0.05, 0) is 37.3 Å². The molecule has 104 valence electrons. The molecule has 0 unspecified atom stereocenters. The molecule has 3 N–H and O–H groups in total. The number of benzene rings is 1. The zero-order valence-electron chi connectivity index (χ0n) is 11.1. The van der Waals surface area contributed by atoms with Crippen LogP contribution in [0.5, 0.6) is 5.75 Å². The smallest absolute Gasteiger partial charge is 0.248 e. The first-order chi connectivity index (χ1) is 9.51. The molecule has 0 aliphatic carbocycles. The normalized spacial score (nSPS) is 10.2. The Balaban J connectivity index is 2.41. The van der Waals surface area contributed by atoms with Crippen molar-refractivity contribution in [2.45, 2.75) is 6.92 Å². The Hall–Kier alpha value is -2.63. The van der Waals surface area contributed by atoms with Crippen molar-refractivity contribution in [2.24, 2.45) is 5.73 Å². The number of aryl methyl sites for hydroxylation is 1. The van der Waals surface area contributed by atoms with Gasteiger partial charge in [0.05, 0.1) is 12.8 Å². The number of nitrogens with two attached hydrogens (primary N) is 1. The van der Waals surface area contributed by atoms with Crippen LogP contribution in [0, 0.1) is 12.7 Å². The molecule has 0 spiro atoms. The zero-order valence-corrected chi connectivity index (χ0v) is 11.1. The highest BCUT2D eigenvalue weighted by atomic mass is 19.1. The molecular formula is C14H14FN3O2. The molecule has 1 heterocycles. The van der Waals surface area contributed by atoms with Gasteiger partial charge in [-0.15, -0.1) is 0 Å². The van der Waals surface area contributed by atoms with Crippen LogP contribution in [-0.2, 0) is 0 Å². The van der Waals surface area contributed by atoms with Crippen LogP contribution in [-0.4, -0.2) is 18.0 Å². The number of halogens is 1. The zero-order chi connectivity index (χ0) is 14.7. The van der Waals surface area contributed by atoms with E-state index in [2.05, 4.69) is 10.3 Å². The van der Waals surface area contributed by atoms with Crippen molar-refractivity contribution in [1.29, 1.82) is 0 Å². The summed E-state index contributed by atoms with van der Waals surface area (Å²) in [7, 11) is 1.49. The fourth-order valence-electron chi connectivity index (χ4n) is 1.70. The van der Waals surface area contributed by atoms with Crippen molar-refractivity contribution < 1.29 is 13.9 Å². The predicted molar refractivity (Wildman–Crippen MR) is 73.7 cm³/mol. The number of rotatable bonds is 4. The number of methoxy groups -OCH3 is 1. The molecule has 6 heteroatoms. The van der Waals surface area contributed by atoms with E-state index in [9.17, 15) is 9.18 Å². The maximum atomic E-state index is 13.8. The molecule has 0 bridgehead atoms. The summed E-state index contributed by atoms with van der Waals surface area (Å²) >= 11 is 0. The summed E-state index contributed by atoms with van der Waals surface area (Å²) in [6.45, 7) is 1.81. The van der Waals surface area contributed by atoms with E-state index in [0.717, 1.165) is 5.69 Å². The highest BCUT2D eigenvalue weighted by Gasteiger charge is 2.11. The van der Waals surface area contributed by atoms with E-state index >= 15 is 0 Å². The molecule has 0 aliphatic heterocycles. The average Bonchev–Trinajstić information content (AvgIpc) is 2.41. The molecule has 1 aromatic heterocycles. The average molecular weight is 275 g/mol. The fourth-order valence-corrected chi connectivity index (χ4v) is 1.70. The van der Waals surface area contributed by atoms with Gasteiger partial charge in [-0.3, -0.25) is 4.79 Å². The third-order valence-corrected chi connectivity index (χ3v) is 2.72. The lowest BCUT2D eigenvalue weighted by atomic mass is 10.2. The van der Waals surface area contributed by atoms with Gasteiger partial charge >= 0.3 is 0 Å². The van der Waals surface area contributed by atoms with E-state index in [1.54, 1.807) is 19.1 Å². The van der Waals surface area contributed by atoms with E-state index in [1.165, 1.54) is 25.3 Å². The highest BCUT2D eigenvalue weighted by Crippen LogP contribution is 2.27. The number of aromatic nitrogens is 1. The van der Waals surface area contributed by atoms with Gasteiger partial charge in [-0.2, -0.15) is 0 Å². The minimum Gasteiger partial charge on any atom is -0.493 e. The van der Waals surface area contributed by atoms with Crippen molar-refractivity contribution >= 4 is 17.4 Å². The van der Waals surface area contributed by atoms with Gasteiger partial charge in [-0.1, -0.05) is 0 Å². The largest absolute Gasteiger partial charge is 0.493 e. The molecule has 5 nitrogen and oxygen atoms in total. The number of ether oxygens (including phenoxy) is 1. The van der Waals surface area contributed by atoms with Crippen LogP contribution in [0.2, 0.25) is 0 Å². The van der Waals surface area contributed by atoms with E-state index < -0.39 is 11.7 Å². The van der Waals surface area contributed by atoms with Gasteiger partial charge in [-0.25, -0.2) is 9.37 Å². The van der Waals surface area contributed by atoms with E-state index in [-0.39, 0.29) is 11.3 Å². The Morgan fingerprint density at radius 2 is 2.10 bits per heavy atom. The monoisotopic (exact) mass is 275 g/mol. The molecule has 0 atom stereocenters. The van der Waals surface area contributed by atoms with Gasteiger partial charge in [0.15, 0.2) is 11.6 Å². The first kappa shape index (κ1) is 13.8. The van der Waals surface area contributed by atoms with Gasteiger partial charge in [0, 0.05) is 11.3 Å². The number of nitrogens with one attached hydrogen (secondary N) is 1. The summed E-state index contributed by atoms with van der Waals surface area (Å²) in [5, 5.41) is 2.81. The highest BCUT2D eigenvalue weighted by molar-refractivity contribution is 5.94. The number of primary amides is 1. The molecule has 0 fully saturated rings. The second-order valence-electron chi connectivity index (χ2n) is 4.19. The summed E-state index contributed by atoms with van der Waals surface area (Å²) in [5.41, 5.74) is 6.24. The Kier molecular flexibility index (Phi) is 3.84. The van der Waals surface area contributed by atoms with E-state index in [1.807, 2.05) is 0 Å². The Morgan fingerprint density at radius 3 is 2.75 bits per heavy atom. The molecule has 0 radical (unpaired) electrons. The van der Waals surface area contributed by atoms with Crippen LogP contribution in [0.1, 0.15) is 16.1 Å². The van der Waals surface area contributed by atoms with Crippen molar-refractivity contribution in [3.05, 3.63) is 47.4 Å². The third kappa shape index (κ3) is 2.85. The second kappa shape index (κ2) is 5.56. The standard InChI is InChI=1S/C14H14FN3O2/c1-8-3-6-12(20-2)14(17-8)18-11-7-9(13(16)19)4-5-10(11)15/h3-7H,1-2H3,(H2,16,19)(H,17,18). The summed E-state index contributed by atoms with van der Waals surface area (Å²) in [6.07, 6.45) is 0. The molecule has 2 rings (SSSR count). The number of hydrogen-bond donors (Lipinski definition) is 2. The van der Waals surface area contributed by atoms with Crippen LogP contribution in [0.25, 0.3) is 0 Å². The number of nitrogens with zero attached hydrogens (tertiary/aromatic N) is 1. The lowest BCUT2D eigenvalue weighted by Crippen LogP contribution is -2.11. The van der Waals surface area contributed by atoms with Gasteiger partial charge in [0.25, 0.3) is 0 Å². The number of anilines is 2. The summed E-state index contributed by atoms with van der Waals surface area (Å²) in [6, 6.07) is 7.33. The first-order valence-corrected chi connectivity index (χ1v) is 5.89. The van der Waals surface area contributed by atoms with Gasteiger partial charge in [0.2, 0.25) is 5.91 Å². The lowest BCUT2D eigenvalue weighted by Gasteiger charge is -2.12. The molecule has 2 aromatic rings. The van der Waals surface area contributed by atoms with E-state index in [4.69, 9.17) is 10.5 Å². The van der Waals surface area contributed by atoms with Gasteiger partial charge in [0.1, 0.15) is 5.82 Å². The molecule has 0 aliphatic rings. The first-order valence-electron chi connectivity index (χ1n) is 5.89. The number of amides is 1. The molecule has 0 saturated heterocycles. The van der Waals surface area contributed by atoms with Crippen molar-refractivity contribution in [2.75, 3.05) is 12.4 Å². The van der Waals surface area contributed by atoms with Crippen LogP contribution < -0.4 is 15.8 Å². The quantitative estimate of drug-likeness (QED) is 0.898. The third-order valence-electron chi connectivity index (χ3n) is 2.72. The summed E-state index contributed by atoms with van der Waals surface area (Å²) in [5.74, 6) is -0.301. The van der Waals surface area contributed by atoms with Gasteiger partial charge < -0.3 is 15.8 Å². The van der Waals surface area contributed by atoms with Crippen LogP contribution >= 0.6 is 0 Å². The molecule has 1 aromatic carbocycles. The number of hydrogen-bond acceptors (Lipinski definition) is 4. The fraction of sp³-hybridized carbons (Fsp3) is 0.143. The SMILES string of the molecule is COc1ccc(C)nc1Nc1cc(C(N)=O)ccc1F. The van der Waals surface area contributed by atoms with Crippen LogP contribution in [0.4, 0.5) is 15.9 Å². The number of carbonyl (C=O) groups excluding carboxylic acids is 1. The summed E-state index contributed by atoms with van der Waals surface area (Å²) < 4.78 is 18.9.